The number of carbonyl (C=O) groups excluding carboxylic acids is 2. The Kier molecular flexibility index (Phi) is 4.11. The summed E-state index contributed by atoms with van der Waals surface area (Å²) in [5.41, 5.74) is -0.541. The lowest BCUT2D eigenvalue weighted by Crippen LogP contribution is -2.45. The molecular weight excluding hydrogens is 220 g/mol. The highest BCUT2D eigenvalue weighted by Crippen LogP contribution is 2.23. The van der Waals surface area contributed by atoms with Crippen molar-refractivity contribution < 1.29 is 14.3 Å². The SMILES string of the molecule is CC(C)(C)OC(=O)N1CCC(C=O)C(C#N)C1. The van der Waals surface area contributed by atoms with E-state index < -0.39 is 17.6 Å². The van der Waals surface area contributed by atoms with E-state index in [1.165, 1.54) is 4.90 Å². The number of hydrogen-bond donors (Lipinski definition) is 0. The maximum Gasteiger partial charge on any atom is 0.410 e. The topological polar surface area (TPSA) is 70.4 Å². The molecule has 1 aliphatic rings. The zero-order valence-corrected chi connectivity index (χ0v) is 10.5. The highest BCUT2D eigenvalue weighted by Gasteiger charge is 2.33. The summed E-state index contributed by atoms with van der Waals surface area (Å²) in [5, 5.41) is 8.94. The molecule has 0 N–H and O–H groups in total. The van der Waals surface area contributed by atoms with Gasteiger partial charge in [0.1, 0.15) is 11.9 Å². The van der Waals surface area contributed by atoms with E-state index >= 15 is 0 Å². The summed E-state index contributed by atoms with van der Waals surface area (Å²) in [4.78, 5) is 24.0. The third-order valence-electron chi connectivity index (χ3n) is 2.66. The lowest BCUT2D eigenvalue weighted by Gasteiger charge is -2.34. The van der Waals surface area contributed by atoms with Crippen LogP contribution in [-0.4, -0.2) is 36.0 Å². The minimum Gasteiger partial charge on any atom is -0.444 e. The molecule has 1 aliphatic heterocycles. The molecule has 0 aromatic carbocycles. The minimum absolute atomic E-state index is 0.265. The van der Waals surface area contributed by atoms with Crippen LogP contribution < -0.4 is 0 Å². The molecule has 1 heterocycles. The minimum atomic E-state index is -0.541. The number of nitriles is 1. The van der Waals surface area contributed by atoms with Crippen LogP contribution in [-0.2, 0) is 9.53 Å². The monoisotopic (exact) mass is 238 g/mol. The number of aldehydes is 1. The van der Waals surface area contributed by atoms with Gasteiger partial charge in [0.25, 0.3) is 0 Å². The fourth-order valence-corrected chi connectivity index (χ4v) is 1.76. The molecule has 0 aromatic rings. The van der Waals surface area contributed by atoms with Crippen LogP contribution >= 0.6 is 0 Å². The Morgan fingerprint density at radius 1 is 1.53 bits per heavy atom. The first-order valence-corrected chi connectivity index (χ1v) is 5.70. The van der Waals surface area contributed by atoms with Crippen LogP contribution in [0.15, 0.2) is 0 Å². The van der Waals surface area contributed by atoms with Crippen molar-refractivity contribution in [2.24, 2.45) is 11.8 Å². The molecule has 0 saturated carbocycles. The standard InChI is InChI=1S/C12H18N2O3/c1-12(2,3)17-11(16)14-5-4-9(8-15)10(6-13)7-14/h8-10H,4-5,7H2,1-3H3. The summed E-state index contributed by atoms with van der Waals surface area (Å²) in [6, 6.07) is 2.07. The van der Waals surface area contributed by atoms with Gasteiger partial charge < -0.3 is 14.4 Å². The number of nitrogens with zero attached hydrogens (tertiary/aromatic N) is 2. The average Bonchev–Trinajstić information content (AvgIpc) is 2.25. The van der Waals surface area contributed by atoms with Crippen molar-refractivity contribution >= 4 is 12.4 Å². The molecule has 0 aromatic heterocycles. The number of piperidine rings is 1. The van der Waals surface area contributed by atoms with E-state index in [1.807, 2.05) is 0 Å². The predicted octanol–water partition coefficient (Wildman–Crippen LogP) is 1.58. The van der Waals surface area contributed by atoms with Crippen molar-refractivity contribution in [1.29, 1.82) is 5.26 Å². The third kappa shape index (κ3) is 3.74. The van der Waals surface area contributed by atoms with Crippen molar-refractivity contribution in [2.45, 2.75) is 32.8 Å². The van der Waals surface area contributed by atoms with Crippen LogP contribution in [0.3, 0.4) is 0 Å². The molecule has 0 bridgehead atoms. The van der Waals surface area contributed by atoms with Crippen molar-refractivity contribution in [2.75, 3.05) is 13.1 Å². The predicted molar refractivity (Wildman–Crippen MR) is 61.1 cm³/mol. The van der Waals surface area contributed by atoms with Gasteiger partial charge in [0.05, 0.1) is 12.0 Å². The lowest BCUT2D eigenvalue weighted by atomic mass is 9.88. The van der Waals surface area contributed by atoms with Gasteiger partial charge >= 0.3 is 6.09 Å². The van der Waals surface area contributed by atoms with E-state index in [2.05, 4.69) is 6.07 Å². The second kappa shape index (κ2) is 5.17. The summed E-state index contributed by atoms with van der Waals surface area (Å²) in [7, 11) is 0. The highest BCUT2D eigenvalue weighted by molar-refractivity contribution is 5.69. The molecule has 1 amide bonds. The van der Waals surface area contributed by atoms with E-state index in [-0.39, 0.29) is 12.5 Å². The van der Waals surface area contributed by atoms with Gasteiger partial charge in [0.2, 0.25) is 0 Å². The Hall–Kier alpha value is -1.57. The van der Waals surface area contributed by atoms with Crippen molar-refractivity contribution in [1.82, 2.24) is 4.90 Å². The smallest absolute Gasteiger partial charge is 0.410 e. The quantitative estimate of drug-likeness (QED) is 0.650. The summed E-state index contributed by atoms with van der Waals surface area (Å²) >= 11 is 0. The first kappa shape index (κ1) is 13.5. The van der Waals surface area contributed by atoms with Crippen LogP contribution in [0.4, 0.5) is 4.79 Å². The molecule has 17 heavy (non-hydrogen) atoms. The second-order valence-corrected chi connectivity index (χ2v) is 5.25. The molecular formula is C12H18N2O3. The fourth-order valence-electron chi connectivity index (χ4n) is 1.76. The van der Waals surface area contributed by atoms with Crippen LogP contribution in [0, 0.1) is 23.2 Å². The van der Waals surface area contributed by atoms with Gasteiger partial charge in [-0.05, 0) is 27.2 Å². The van der Waals surface area contributed by atoms with Crippen LogP contribution in [0.5, 0.6) is 0 Å². The average molecular weight is 238 g/mol. The summed E-state index contributed by atoms with van der Waals surface area (Å²) in [5.74, 6) is -0.688. The molecule has 0 spiro atoms. The van der Waals surface area contributed by atoms with Crippen LogP contribution in [0.25, 0.3) is 0 Å². The van der Waals surface area contributed by atoms with Gasteiger partial charge in [0.15, 0.2) is 0 Å². The van der Waals surface area contributed by atoms with E-state index in [4.69, 9.17) is 10.00 Å². The highest BCUT2D eigenvalue weighted by atomic mass is 16.6. The van der Waals surface area contributed by atoms with Gasteiger partial charge in [-0.2, -0.15) is 5.26 Å². The maximum absolute atomic E-state index is 11.8. The van der Waals surface area contributed by atoms with Crippen molar-refractivity contribution in [3.05, 3.63) is 0 Å². The van der Waals surface area contributed by atoms with Crippen LogP contribution in [0.1, 0.15) is 27.2 Å². The van der Waals surface area contributed by atoms with Gasteiger partial charge in [-0.15, -0.1) is 0 Å². The molecule has 1 fully saturated rings. The number of likely N-dealkylation sites (tertiary alicyclic amines) is 1. The fraction of sp³-hybridized carbons (Fsp3) is 0.750. The zero-order chi connectivity index (χ0) is 13.1. The Bertz CT molecular complexity index is 341. The maximum atomic E-state index is 11.8. The lowest BCUT2D eigenvalue weighted by molar-refractivity contribution is -0.113. The molecule has 0 aliphatic carbocycles. The molecule has 1 saturated heterocycles. The summed E-state index contributed by atoms with van der Waals surface area (Å²) < 4.78 is 5.23. The summed E-state index contributed by atoms with van der Waals surface area (Å²) in [6.07, 6.45) is 0.920. The number of hydrogen-bond acceptors (Lipinski definition) is 4. The second-order valence-electron chi connectivity index (χ2n) is 5.25. The molecule has 5 nitrogen and oxygen atoms in total. The first-order chi connectivity index (χ1) is 7.87. The third-order valence-corrected chi connectivity index (χ3v) is 2.66. The van der Waals surface area contributed by atoms with Gasteiger partial charge in [-0.25, -0.2) is 4.79 Å². The van der Waals surface area contributed by atoms with E-state index in [9.17, 15) is 9.59 Å². The number of amides is 1. The van der Waals surface area contributed by atoms with E-state index in [0.717, 1.165) is 6.29 Å². The van der Waals surface area contributed by atoms with Gasteiger partial charge in [-0.3, -0.25) is 0 Å². The molecule has 2 atom stereocenters. The number of rotatable bonds is 1. The molecule has 94 valence electrons. The van der Waals surface area contributed by atoms with E-state index in [1.54, 1.807) is 20.8 Å². The Morgan fingerprint density at radius 2 is 2.18 bits per heavy atom. The summed E-state index contributed by atoms with van der Waals surface area (Å²) in [6.45, 7) is 6.13. The number of ether oxygens (including phenoxy) is 1. The molecule has 1 rings (SSSR count). The van der Waals surface area contributed by atoms with E-state index in [0.29, 0.717) is 13.0 Å². The van der Waals surface area contributed by atoms with Gasteiger partial charge in [-0.1, -0.05) is 0 Å². The molecule has 5 heteroatoms. The van der Waals surface area contributed by atoms with Crippen molar-refractivity contribution in [3.8, 4) is 6.07 Å². The normalized spacial score (nSPS) is 24.9. The van der Waals surface area contributed by atoms with Crippen molar-refractivity contribution in [3.63, 3.8) is 0 Å². The molecule has 0 radical (unpaired) electrons. The van der Waals surface area contributed by atoms with Gasteiger partial charge in [0, 0.05) is 19.0 Å². The Labute approximate surface area is 101 Å². The molecule has 2 unspecified atom stereocenters. The Morgan fingerprint density at radius 3 is 2.65 bits per heavy atom. The first-order valence-electron chi connectivity index (χ1n) is 5.70. The van der Waals surface area contributed by atoms with Crippen LogP contribution in [0.2, 0.25) is 0 Å². The number of carbonyl (C=O) groups is 2. The Balaban J connectivity index is 2.61. The zero-order valence-electron chi connectivity index (χ0n) is 10.5. The largest absolute Gasteiger partial charge is 0.444 e.